The fourth-order valence-electron chi connectivity index (χ4n) is 3.73. The molecule has 1 aromatic heterocycles. The zero-order chi connectivity index (χ0) is 23.0. The van der Waals surface area contributed by atoms with E-state index in [0.717, 1.165) is 31.4 Å². The average Bonchev–Trinajstić information content (AvgIpc) is 2.78. The molecule has 0 unspecified atom stereocenters. The van der Waals surface area contributed by atoms with Gasteiger partial charge < -0.3 is 22.1 Å². The van der Waals surface area contributed by atoms with Gasteiger partial charge in [-0.1, -0.05) is 0 Å². The summed E-state index contributed by atoms with van der Waals surface area (Å²) in [5, 5.41) is 16.1. The first-order valence-corrected chi connectivity index (χ1v) is 10.3. The molecule has 0 bridgehead atoms. The number of amides is 1. The van der Waals surface area contributed by atoms with E-state index in [1.165, 1.54) is 30.5 Å². The molecule has 1 aromatic carbocycles. The Hall–Kier alpha value is -3.93. The third kappa shape index (κ3) is 6.04. The minimum atomic E-state index is -0.750. The number of benzene rings is 1. The molecule has 1 amide bonds. The molecule has 32 heavy (non-hydrogen) atoms. The molecule has 9 heteroatoms. The minimum absolute atomic E-state index is 0.00208. The Morgan fingerprint density at radius 3 is 2.59 bits per heavy atom. The number of halogens is 1. The maximum absolute atomic E-state index is 13.1. The van der Waals surface area contributed by atoms with E-state index in [1.807, 2.05) is 12.1 Å². The number of nitrogens with zero attached hydrogens (tertiary/aromatic N) is 3. The van der Waals surface area contributed by atoms with Crippen LogP contribution >= 0.6 is 0 Å². The van der Waals surface area contributed by atoms with Gasteiger partial charge in [0, 0.05) is 30.2 Å². The Kier molecular flexibility index (Phi) is 7.39. The van der Waals surface area contributed by atoms with Crippen molar-refractivity contribution in [2.75, 3.05) is 5.32 Å². The molecule has 8 nitrogen and oxygen atoms in total. The lowest BCUT2D eigenvalue weighted by molar-refractivity contribution is -0.114. The van der Waals surface area contributed by atoms with Crippen molar-refractivity contribution in [2.45, 2.75) is 43.7 Å². The Morgan fingerprint density at radius 2 is 2.00 bits per heavy atom. The summed E-state index contributed by atoms with van der Waals surface area (Å²) in [4.78, 5) is 20.3. The average molecular weight is 436 g/mol. The predicted molar refractivity (Wildman–Crippen MR) is 121 cm³/mol. The number of nitrogens with one attached hydrogen (secondary N) is 2. The van der Waals surface area contributed by atoms with Crippen molar-refractivity contribution in [3.05, 3.63) is 66.4 Å². The summed E-state index contributed by atoms with van der Waals surface area (Å²) in [7, 11) is 0. The second kappa shape index (κ2) is 10.4. The molecule has 1 fully saturated rings. The van der Waals surface area contributed by atoms with Gasteiger partial charge in [-0.25, -0.2) is 9.38 Å². The maximum Gasteiger partial charge on any atom is 0.253 e. The van der Waals surface area contributed by atoms with Gasteiger partial charge in [-0.2, -0.15) is 5.26 Å². The third-order valence-corrected chi connectivity index (χ3v) is 5.53. The summed E-state index contributed by atoms with van der Waals surface area (Å²) in [5.74, 6) is -1.24. The maximum atomic E-state index is 13.1. The highest BCUT2D eigenvalue weighted by Crippen LogP contribution is 2.32. The number of anilines is 1. The fourth-order valence-corrected chi connectivity index (χ4v) is 3.73. The Balaban J connectivity index is 1.71. The van der Waals surface area contributed by atoms with Gasteiger partial charge in [-0.3, -0.25) is 9.78 Å². The van der Waals surface area contributed by atoms with E-state index < -0.39 is 17.3 Å². The molecule has 3 rings (SSSR count). The van der Waals surface area contributed by atoms with Crippen LogP contribution in [0.25, 0.3) is 0 Å². The molecule has 0 atom stereocenters. The second-order valence-electron chi connectivity index (χ2n) is 7.82. The van der Waals surface area contributed by atoms with Crippen molar-refractivity contribution >= 4 is 23.1 Å². The van der Waals surface area contributed by atoms with Crippen molar-refractivity contribution in [3.63, 3.8) is 0 Å². The van der Waals surface area contributed by atoms with Crippen LogP contribution in [-0.4, -0.2) is 28.3 Å². The van der Waals surface area contributed by atoms with Gasteiger partial charge in [0.1, 0.15) is 11.7 Å². The predicted octanol–water partition coefficient (Wildman–Crippen LogP) is 2.88. The molecule has 1 aliphatic carbocycles. The van der Waals surface area contributed by atoms with Gasteiger partial charge in [0.05, 0.1) is 29.4 Å². The molecule has 0 radical (unpaired) electrons. The van der Waals surface area contributed by atoms with Gasteiger partial charge in [0.25, 0.3) is 5.91 Å². The van der Waals surface area contributed by atoms with E-state index in [9.17, 15) is 14.4 Å². The third-order valence-electron chi connectivity index (χ3n) is 5.53. The van der Waals surface area contributed by atoms with Gasteiger partial charge in [-0.05, 0) is 62.1 Å². The van der Waals surface area contributed by atoms with Crippen LogP contribution in [0.15, 0.2) is 65.6 Å². The Morgan fingerprint density at radius 1 is 1.28 bits per heavy atom. The smallest absolute Gasteiger partial charge is 0.253 e. The van der Waals surface area contributed by atoms with Crippen LogP contribution < -0.4 is 22.1 Å². The van der Waals surface area contributed by atoms with Crippen LogP contribution in [0, 0.1) is 17.1 Å². The molecule has 0 aliphatic heterocycles. The standard InChI is InChI=1S/C23H26FN7O/c24-16-3-5-17(6-4-16)31-21(26)20(22(27)32)15-29-23(11-12-25)9-7-18(8-10-23)30-19-2-1-13-28-14-19/h1-6,13-15,18,29-30H,7-11H2,(H2,26,31)(H2,27,32)/b20-15+. The summed E-state index contributed by atoms with van der Waals surface area (Å²) in [6, 6.07) is 11.7. The summed E-state index contributed by atoms with van der Waals surface area (Å²) in [6.45, 7) is 0. The Bertz CT molecular complexity index is 1020. The van der Waals surface area contributed by atoms with Crippen LogP contribution in [0.4, 0.5) is 15.8 Å². The first-order chi connectivity index (χ1) is 15.4. The molecule has 1 heterocycles. The van der Waals surface area contributed by atoms with E-state index in [-0.39, 0.29) is 23.9 Å². The first-order valence-electron chi connectivity index (χ1n) is 10.3. The second-order valence-corrected chi connectivity index (χ2v) is 7.82. The number of carbonyl (C=O) groups excluding carboxylic acids is 1. The number of hydrogen-bond acceptors (Lipinski definition) is 6. The summed E-state index contributed by atoms with van der Waals surface area (Å²) in [5.41, 5.74) is 12.4. The zero-order valence-corrected chi connectivity index (χ0v) is 17.6. The number of hydrogen-bond donors (Lipinski definition) is 4. The molecular formula is C23H26FN7O. The molecule has 166 valence electrons. The van der Waals surface area contributed by atoms with E-state index in [0.29, 0.717) is 5.69 Å². The molecule has 0 saturated heterocycles. The number of rotatable bonds is 8. The number of primary amides is 1. The van der Waals surface area contributed by atoms with Gasteiger partial charge in [0.2, 0.25) is 0 Å². The van der Waals surface area contributed by atoms with Crippen LogP contribution in [0.5, 0.6) is 0 Å². The van der Waals surface area contributed by atoms with E-state index >= 15 is 0 Å². The molecular weight excluding hydrogens is 409 g/mol. The Labute approximate surface area is 186 Å². The van der Waals surface area contributed by atoms with Crippen molar-refractivity contribution in [1.29, 1.82) is 5.26 Å². The zero-order valence-electron chi connectivity index (χ0n) is 17.6. The highest BCUT2D eigenvalue weighted by atomic mass is 19.1. The lowest BCUT2D eigenvalue weighted by Crippen LogP contribution is -2.48. The molecule has 2 aromatic rings. The first kappa shape index (κ1) is 22.7. The number of nitriles is 1. The quantitative estimate of drug-likeness (QED) is 0.285. The fraction of sp³-hybridized carbons (Fsp3) is 0.304. The van der Waals surface area contributed by atoms with E-state index in [1.54, 1.807) is 12.4 Å². The SMILES string of the molecule is N#CCC1(N/C=C(/C(N)=O)C(N)=Nc2ccc(F)cc2)CCC(Nc2cccnc2)CC1. The van der Waals surface area contributed by atoms with Crippen molar-refractivity contribution in [3.8, 4) is 6.07 Å². The summed E-state index contributed by atoms with van der Waals surface area (Å²) < 4.78 is 13.1. The van der Waals surface area contributed by atoms with E-state index in [2.05, 4.69) is 26.7 Å². The van der Waals surface area contributed by atoms with Crippen molar-refractivity contribution in [1.82, 2.24) is 10.3 Å². The van der Waals surface area contributed by atoms with Gasteiger partial charge >= 0.3 is 0 Å². The topological polar surface area (TPSA) is 142 Å². The number of carbonyl (C=O) groups is 1. The van der Waals surface area contributed by atoms with Crippen LogP contribution in [0.2, 0.25) is 0 Å². The van der Waals surface area contributed by atoms with Gasteiger partial charge in [-0.15, -0.1) is 0 Å². The number of pyridine rings is 1. The summed E-state index contributed by atoms with van der Waals surface area (Å²) >= 11 is 0. The minimum Gasteiger partial charge on any atom is -0.384 e. The molecule has 6 N–H and O–H groups in total. The van der Waals surface area contributed by atoms with Crippen LogP contribution in [-0.2, 0) is 4.79 Å². The highest BCUT2D eigenvalue weighted by Gasteiger charge is 2.35. The number of amidine groups is 1. The summed E-state index contributed by atoms with van der Waals surface area (Å²) in [6.07, 6.45) is 8.32. The monoisotopic (exact) mass is 435 g/mol. The van der Waals surface area contributed by atoms with Crippen LogP contribution in [0.1, 0.15) is 32.1 Å². The van der Waals surface area contributed by atoms with Gasteiger partial charge in [0.15, 0.2) is 0 Å². The van der Waals surface area contributed by atoms with Crippen molar-refractivity contribution in [2.24, 2.45) is 16.5 Å². The largest absolute Gasteiger partial charge is 0.384 e. The number of aliphatic imine (C=N–C) groups is 1. The molecule has 1 aliphatic rings. The normalized spacial score (nSPS) is 21.4. The van der Waals surface area contributed by atoms with Crippen molar-refractivity contribution < 1.29 is 9.18 Å². The number of aromatic nitrogens is 1. The lowest BCUT2D eigenvalue weighted by Gasteiger charge is -2.39. The lowest BCUT2D eigenvalue weighted by atomic mass is 9.77. The number of nitrogens with two attached hydrogens (primary N) is 2. The highest BCUT2D eigenvalue weighted by molar-refractivity contribution is 6.20. The van der Waals surface area contributed by atoms with Crippen LogP contribution in [0.3, 0.4) is 0 Å². The molecule has 0 spiro atoms. The van der Waals surface area contributed by atoms with E-state index in [4.69, 9.17) is 11.5 Å². The molecule has 1 saturated carbocycles.